The number of Topliss-reactive ketones (excluding diaryl/α,β-unsaturated/α-hetero) is 1. The summed E-state index contributed by atoms with van der Waals surface area (Å²) >= 11 is 0. The molecule has 0 bridgehead atoms. The van der Waals surface area contributed by atoms with E-state index in [9.17, 15) is 9.59 Å². The van der Waals surface area contributed by atoms with Crippen molar-refractivity contribution in [2.24, 2.45) is 5.41 Å². The van der Waals surface area contributed by atoms with Crippen LogP contribution in [0.4, 0.5) is 0 Å². The van der Waals surface area contributed by atoms with Gasteiger partial charge in [-0.05, 0) is 12.1 Å². The van der Waals surface area contributed by atoms with Gasteiger partial charge in [-0.25, -0.2) is 0 Å². The number of hydroxylamine groups is 2. The van der Waals surface area contributed by atoms with Gasteiger partial charge in [0.1, 0.15) is 11.3 Å². The molecule has 0 spiro atoms. The Morgan fingerprint density at radius 1 is 1.09 bits per heavy atom. The summed E-state index contributed by atoms with van der Waals surface area (Å²) in [5.74, 6) is -0.141. The number of fused-ring (bicyclic) bond motifs is 1. The predicted octanol–water partition coefficient (Wildman–Crippen LogP) is 2.12. The van der Waals surface area contributed by atoms with Crippen molar-refractivity contribution in [3.63, 3.8) is 0 Å². The van der Waals surface area contributed by atoms with Crippen LogP contribution in [0.1, 0.15) is 41.7 Å². The van der Waals surface area contributed by atoms with E-state index in [2.05, 4.69) is 9.97 Å². The summed E-state index contributed by atoms with van der Waals surface area (Å²) in [5.41, 5.74) is 1.18. The van der Waals surface area contributed by atoms with Gasteiger partial charge in [-0.2, -0.15) is 5.06 Å². The summed E-state index contributed by atoms with van der Waals surface area (Å²) < 4.78 is 0. The third-order valence-corrected chi connectivity index (χ3v) is 3.67. The van der Waals surface area contributed by atoms with Crippen LogP contribution in [0.15, 0.2) is 12.1 Å². The van der Waals surface area contributed by atoms with E-state index in [-0.39, 0.29) is 11.7 Å². The highest BCUT2D eigenvalue weighted by Gasteiger charge is 2.25. The van der Waals surface area contributed by atoms with Gasteiger partial charge in [0.15, 0.2) is 5.78 Å². The number of carbonyl (C=O) groups is 2. The van der Waals surface area contributed by atoms with Crippen LogP contribution in [-0.2, 0) is 0 Å². The number of ketones is 1. The summed E-state index contributed by atoms with van der Waals surface area (Å²) in [6.07, 6.45) is 0. The quantitative estimate of drug-likeness (QED) is 0.581. The number of likely N-dealkylation sites (N-methyl/N-ethyl adjacent to an activating group) is 2. The number of nitrogens with zero attached hydrogens (tertiary/aromatic N) is 2. The molecule has 0 aromatic carbocycles. The monoisotopic (exact) mass is 320 g/mol. The molecule has 2 aromatic heterocycles. The molecule has 2 heterocycles. The van der Waals surface area contributed by atoms with Gasteiger partial charge in [0.25, 0.3) is 5.91 Å². The number of aromatic nitrogens is 2. The number of hydrogen-bond donors (Lipinski definition) is 3. The average molecular weight is 320 g/mol. The number of aromatic amines is 2. The molecule has 0 aliphatic carbocycles. The van der Waals surface area contributed by atoms with E-state index in [0.29, 0.717) is 30.1 Å². The Labute approximate surface area is 135 Å². The first-order chi connectivity index (χ1) is 10.6. The predicted molar refractivity (Wildman–Crippen MR) is 87.8 cm³/mol. The van der Waals surface area contributed by atoms with E-state index in [1.54, 1.807) is 19.2 Å². The Morgan fingerprint density at radius 3 is 2.17 bits per heavy atom. The second-order valence-electron chi connectivity index (χ2n) is 6.88. The maximum Gasteiger partial charge on any atom is 0.270 e. The highest BCUT2D eigenvalue weighted by atomic mass is 16.5. The number of amides is 1. The first-order valence-electron chi connectivity index (χ1n) is 7.51. The first kappa shape index (κ1) is 17.2. The Bertz CT molecular complexity index is 690. The molecule has 7 heteroatoms. The first-order valence-corrected chi connectivity index (χ1v) is 7.51. The van der Waals surface area contributed by atoms with Crippen LogP contribution in [-0.4, -0.2) is 64.0 Å². The Morgan fingerprint density at radius 2 is 1.65 bits per heavy atom. The second kappa shape index (κ2) is 6.17. The van der Waals surface area contributed by atoms with E-state index >= 15 is 0 Å². The van der Waals surface area contributed by atoms with Gasteiger partial charge in [-0.15, -0.1) is 0 Å². The number of carbonyl (C=O) groups excluding carboxylic acids is 2. The normalized spacial score (nSPS) is 12.1. The summed E-state index contributed by atoms with van der Waals surface area (Å²) in [5, 5.41) is 11.0. The molecular weight excluding hydrogens is 296 g/mol. The lowest BCUT2D eigenvalue weighted by atomic mass is 9.89. The van der Waals surface area contributed by atoms with E-state index in [0.717, 1.165) is 10.4 Å². The fourth-order valence-corrected chi connectivity index (χ4v) is 2.26. The molecule has 0 unspecified atom stereocenters. The van der Waals surface area contributed by atoms with Crippen molar-refractivity contribution in [2.75, 3.05) is 27.2 Å². The number of rotatable bonds is 5. The molecule has 0 radical (unpaired) electrons. The SMILES string of the molecule is CN(O)CCN(C)C(=O)c1cc2cc(C(=O)C(C)(C)C)[nH]c2[nH]1. The zero-order valence-electron chi connectivity index (χ0n) is 14.2. The molecule has 7 nitrogen and oxygen atoms in total. The molecule has 1 amide bonds. The number of nitrogens with one attached hydrogen (secondary N) is 2. The lowest BCUT2D eigenvalue weighted by Gasteiger charge is -2.18. The van der Waals surface area contributed by atoms with E-state index in [4.69, 9.17) is 5.21 Å². The van der Waals surface area contributed by atoms with E-state index in [1.165, 1.54) is 11.9 Å². The van der Waals surface area contributed by atoms with Crippen LogP contribution in [0.25, 0.3) is 11.0 Å². The zero-order chi connectivity index (χ0) is 17.4. The smallest absolute Gasteiger partial charge is 0.270 e. The Kier molecular flexibility index (Phi) is 4.63. The van der Waals surface area contributed by atoms with Crippen LogP contribution in [0.3, 0.4) is 0 Å². The minimum atomic E-state index is -0.461. The minimum absolute atomic E-state index is 0.0260. The minimum Gasteiger partial charge on any atom is -0.339 e. The molecule has 0 fully saturated rings. The average Bonchev–Trinajstić information content (AvgIpc) is 3.00. The second-order valence-corrected chi connectivity index (χ2v) is 6.88. The van der Waals surface area contributed by atoms with Gasteiger partial charge in [0.2, 0.25) is 0 Å². The Balaban J connectivity index is 2.17. The maximum absolute atomic E-state index is 12.3. The fraction of sp³-hybridized carbons (Fsp3) is 0.500. The van der Waals surface area contributed by atoms with Crippen molar-refractivity contribution in [2.45, 2.75) is 20.8 Å². The van der Waals surface area contributed by atoms with E-state index in [1.807, 2.05) is 20.8 Å². The molecule has 2 rings (SSSR count). The van der Waals surface area contributed by atoms with Crippen LogP contribution in [0.2, 0.25) is 0 Å². The third kappa shape index (κ3) is 3.80. The van der Waals surface area contributed by atoms with Crippen LogP contribution in [0.5, 0.6) is 0 Å². The number of hydrogen-bond acceptors (Lipinski definition) is 4. The molecule has 23 heavy (non-hydrogen) atoms. The summed E-state index contributed by atoms with van der Waals surface area (Å²) in [4.78, 5) is 32.2. The zero-order valence-corrected chi connectivity index (χ0v) is 14.2. The molecule has 0 aliphatic rings. The third-order valence-electron chi connectivity index (χ3n) is 3.67. The van der Waals surface area contributed by atoms with Gasteiger partial charge in [0.05, 0.1) is 5.69 Å². The molecule has 2 aromatic rings. The maximum atomic E-state index is 12.3. The summed E-state index contributed by atoms with van der Waals surface area (Å²) in [6.45, 7) is 6.38. The largest absolute Gasteiger partial charge is 0.339 e. The van der Waals surface area contributed by atoms with Crippen molar-refractivity contribution in [1.29, 1.82) is 0 Å². The molecule has 0 aliphatic heterocycles. The fourth-order valence-electron chi connectivity index (χ4n) is 2.26. The van der Waals surface area contributed by atoms with Crippen LogP contribution >= 0.6 is 0 Å². The molecule has 126 valence electrons. The van der Waals surface area contributed by atoms with Crippen molar-refractivity contribution in [3.8, 4) is 0 Å². The highest BCUT2D eigenvalue weighted by molar-refractivity contribution is 6.03. The molecule has 0 saturated carbocycles. The van der Waals surface area contributed by atoms with Crippen molar-refractivity contribution in [1.82, 2.24) is 19.9 Å². The van der Waals surface area contributed by atoms with Crippen molar-refractivity contribution in [3.05, 3.63) is 23.5 Å². The molecule has 0 atom stereocenters. The highest BCUT2D eigenvalue weighted by Crippen LogP contribution is 2.24. The van der Waals surface area contributed by atoms with Gasteiger partial charge >= 0.3 is 0 Å². The topological polar surface area (TPSA) is 92.4 Å². The lowest BCUT2D eigenvalue weighted by Crippen LogP contribution is -2.33. The Hall–Kier alpha value is -2.12. The summed E-state index contributed by atoms with van der Waals surface area (Å²) in [6, 6.07) is 3.49. The molecular formula is C16H24N4O3. The van der Waals surface area contributed by atoms with Gasteiger partial charge in [-0.3, -0.25) is 9.59 Å². The van der Waals surface area contributed by atoms with Gasteiger partial charge < -0.3 is 20.1 Å². The van der Waals surface area contributed by atoms with Gasteiger partial charge in [0, 0.05) is 38.0 Å². The molecule has 0 saturated heterocycles. The lowest BCUT2D eigenvalue weighted by molar-refractivity contribution is -0.0670. The molecule has 3 N–H and O–H groups in total. The number of H-pyrrole nitrogens is 2. The van der Waals surface area contributed by atoms with Crippen LogP contribution < -0.4 is 0 Å². The van der Waals surface area contributed by atoms with Crippen LogP contribution in [0, 0.1) is 5.41 Å². The van der Waals surface area contributed by atoms with E-state index < -0.39 is 5.41 Å². The van der Waals surface area contributed by atoms with Crippen molar-refractivity contribution < 1.29 is 14.8 Å². The van der Waals surface area contributed by atoms with Gasteiger partial charge in [-0.1, -0.05) is 20.8 Å². The summed E-state index contributed by atoms with van der Waals surface area (Å²) in [7, 11) is 3.21. The standard InChI is InChI=1S/C16H24N4O3/c1-16(2,3)13(21)11-8-10-9-12(18-14(10)17-11)15(22)19(4)6-7-20(5)23/h8-9,17-18,23H,6-7H2,1-5H3. The van der Waals surface area contributed by atoms with Crippen molar-refractivity contribution >= 4 is 22.7 Å².